The van der Waals surface area contributed by atoms with Gasteiger partial charge in [-0.25, -0.2) is 18.6 Å². The molecule has 1 unspecified atom stereocenters. The predicted octanol–water partition coefficient (Wildman–Crippen LogP) is 3.13. The van der Waals surface area contributed by atoms with E-state index in [1.165, 1.54) is 58.8 Å². The molecule has 4 heterocycles. The number of aliphatic carboxylic acids is 1. The highest BCUT2D eigenvalue weighted by Crippen LogP contribution is 2.41. The van der Waals surface area contributed by atoms with Crippen molar-refractivity contribution < 1.29 is 33.1 Å². The first-order chi connectivity index (χ1) is 19.7. The van der Waals surface area contributed by atoms with Crippen LogP contribution in [0.3, 0.4) is 0 Å². The number of hydrogen-bond acceptors (Lipinski definition) is 12. The number of nitrogens with zero attached hydrogens (tertiary/aromatic N) is 3. The standard InChI is InChI=1S/C24H17F2N5O6S4/c25-9-37-30-17(13-8-40-24(27)28-13)20(33)29-18-21(34)31-19(23(35)36)10(7-39-22(18)31)3-4-38-16-6-14(32)12-2-1-11(26)5-15(12)41-16/h1-6,8,18,22H,7,9H2,(H2,27,28)(H,29,33)(H,35,36)/t18?,22-/m1/s1. The highest BCUT2D eigenvalue weighted by molar-refractivity contribution is 8.04. The fourth-order valence-electron chi connectivity index (χ4n) is 4.02. The van der Waals surface area contributed by atoms with Gasteiger partial charge in [0.05, 0.1) is 4.21 Å². The van der Waals surface area contributed by atoms with Crippen molar-refractivity contribution in [1.82, 2.24) is 15.2 Å². The van der Waals surface area contributed by atoms with Gasteiger partial charge in [-0.2, -0.15) is 0 Å². The molecule has 4 N–H and O–H groups in total. The molecule has 1 aromatic carbocycles. The number of alkyl halides is 1. The predicted molar refractivity (Wildman–Crippen MR) is 153 cm³/mol. The molecular weight excluding hydrogens is 621 g/mol. The van der Waals surface area contributed by atoms with Crippen LogP contribution in [0.4, 0.5) is 13.9 Å². The van der Waals surface area contributed by atoms with E-state index >= 15 is 0 Å². The number of carboxylic acids is 1. The molecule has 1 saturated heterocycles. The van der Waals surface area contributed by atoms with Gasteiger partial charge in [-0.3, -0.25) is 19.3 Å². The average Bonchev–Trinajstić information content (AvgIpc) is 3.36. The number of anilines is 1. The first-order valence-electron chi connectivity index (χ1n) is 11.4. The quantitative estimate of drug-likeness (QED) is 0.137. The number of amides is 2. The molecule has 5 rings (SSSR count). The van der Waals surface area contributed by atoms with Crippen LogP contribution in [-0.4, -0.2) is 62.5 Å². The van der Waals surface area contributed by atoms with Crippen LogP contribution >= 0.6 is 46.2 Å². The van der Waals surface area contributed by atoms with Crippen LogP contribution in [0.25, 0.3) is 10.1 Å². The summed E-state index contributed by atoms with van der Waals surface area (Å²) in [6.45, 7) is -1.30. The Morgan fingerprint density at radius 1 is 1.34 bits per heavy atom. The van der Waals surface area contributed by atoms with Gasteiger partial charge in [-0.1, -0.05) is 16.9 Å². The lowest BCUT2D eigenvalue weighted by Gasteiger charge is -2.49. The van der Waals surface area contributed by atoms with Gasteiger partial charge in [0.25, 0.3) is 18.7 Å². The lowest BCUT2D eigenvalue weighted by atomic mass is 10.0. The van der Waals surface area contributed by atoms with Gasteiger partial charge in [-0.15, -0.1) is 34.4 Å². The van der Waals surface area contributed by atoms with Gasteiger partial charge >= 0.3 is 5.97 Å². The van der Waals surface area contributed by atoms with E-state index in [4.69, 9.17) is 5.73 Å². The van der Waals surface area contributed by atoms with Crippen molar-refractivity contribution in [2.75, 3.05) is 18.3 Å². The molecular formula is C24H17F2N5O6S4. The van der Waals surface area contributed by atoms with Crippen molar-refractivity contribution in [2.24, 2.45) is 5.16 Å². The summed E-state index contributed by atoms with van der Waals surface area (Å²) in [4.78, 5) is 59.8. The summed E-state index contributed by atoms with van der Waals surface area (Å²) in [6.07, 6.45) is 1.54. The highest BCUT2D eigenvalue weighted by atomic mass is 32.2. The molecule has 1 fully saturated rings. The number of benzene rings is 1. The van der Waals surface area contributed by atoms with Gasteiger partial charge in [0.15, 0.2) is 16.3 Å². The molecule has 3 aromatic rings. The minimum atomic E-state index is -1.33. The molecule has 2 aromatic heterocycles. The molecule has 0 bridgehead atoms. The lowest BCUT2D eigenvalue weighted by Crippen LogP contribution is -2.71. The Bertz CT molecular complexity index is 1720. The molecule has 0 aliphatic carbocycles. The van der Waals surface area contributed by atoms with Crippen LogP contribution in [0, 0.1) is 5.82 Å². The van der Waals surface area contributed by atoms with Crippen molar-refractivity contribution in [3.63, 3.8) is 0 Å². The molecule has 41 heavy (non-hydrogen) atoms. The van der Waals surface area contributed by atoms with Crippen LogP contribution in [0.15, 0.2) is 66.6 Å². The third kappa shape index (κ3) is 5.83. The molecule has 2 atom stereocenters. The number of allylic oxidation sites excluding steroid dienone is 1. The Hall–Kier alpha value is -3.80. The van der Waals surface area contributed by atoms with Gasteiger partial charge in [-0.05, 0) is 35.3 Å². The largest absolute Gasteiger partial charge is 0.477 e. The third-order valence-corrected chi connectivity index (χ3v) is 9.81. The summed E-state index contributed by atoms with van der Waals surface area (Å²) < 4.78 is 27.2. The second-order valence-corrected chi connectivity index (χ2v) is 12.6. The Morgan fingerprint density at radius 3 is 2.85 bits per heavy atom. The number of nitrogen functional groups attached to an aromatic ring is 1. The van der Waals surface area contributed by atoms with E-state index in [0.717, 1.165) is 28.0 Å². The molecule has 11 nitrogen and oxygen atoms in total. The summed E-state index contributed by atoms with van der Waals surface area (Å²) in [6, 6.07) is 4.25. The van der Waals surface area contributed by atoms with E-state index in [1.54, 1.807) is 5.41 Å². The van der Waals surface area contributed by atoms with Crippen molar-refractivity contribution >= 4 is 84.9 Å². The molecule has 0 spiro atoms. The maximum absolute atomic E-state index is 13.6. The van der Waals surface area contributed by atoms with Crippen molar-refractivity contribution in [2.45, 2.75) is 15.6 Å². The van der Waals surface area contributed by atoms with Crippen LogP contribution in [-0.2, 0) is 19.2 Å². The number of carbonyl (C=O) groups is 3. The first-order valence-corrected chi connectivity index (χ1v) is 15.1. The number of β-lactam (4-membered cyclic amide) rings is 1. The number of oxime groups is 1. The normalized spacial score (nSPS) is 18.9. The average molecular weight is 638 g/mol. The second kappa shape index (κ2) is 12.0. The smallest absolute Gasteiger partial charge is 0.352 e. The Kier molecular flexibility index (Phi) is 8.39. The van der Waals surface area contributed by atoms with Crippen LogP contribution in [0.2, 0.25) is 0 Å². The number of carbonyl (C=O) groups excluding carboxylic acids is 2. The fourth-order valence-corrected chi connectivity index (χ4v) is 7.89. The van der Waals surface area contributed by atoms with Crippen LogP contribution < -0.4 is 16.5 Å². The number of fused-ring (bicyclic) bond motifs is 2. The molecule has 0 radical (unpaired) electrons. The SMILES string of the molecule is Nc1nc(C(=NOCF)C(=O)NC2C(=O)N3C(C(=O)O)=C(C=CSc4cc(=O)c5ccc(F)cc5s4)CS[C@H]23)cs1. The zero-order chi connectivity index (χ0) is 29.3. The van der Waals surface area contributed by atoms with E-state index < -0.39 is 47.6 Å². The molecule has 2 aliphatic heterocycles. The Morgan fingerprint density at radius 2 is 2.15 bits per heavy atom. The van der Waals surface area contributed by atoms with Crippen molar-refractivity contribution in [3.05, 3.63) is 74.1 Å². The Balaban J connectivity index is 1.32. The summed E-state index contributed by atoms with van der Waals surface area (Å²) >= 11 is 4.62. The summed E-state index contributed by atoms with van der Waals surface area (Å²) in [5.74, 6) is -3.13. The van der Waals surface area contributed by atoms with Crippen LogP contribution in [0.1, 0.15) is 5.69 Å². The van der Waals surface area contributed by atoms with E-state index in [1.807, 2.05) is 0 Å². The topological polar surface area (TPSA) is 164 Å². The molecule has 0 saturated carbocycles. The molecule has 2 amide bonds. The number of carboxylic acid groups (broad SMARTS) is 1. The maximum Gasteiger partial charge on any atom is 0.352 e. The maximum atomic E-state index is 13.6. The second-order valence-electron chi connectivity index (χ2n) is 8.28. The van der Waals surface area contributed by atoms with E-state index in [9.17, 15) is 33.1 Å². The number of thioether (sulfide) groups is 2. The zero-order valence-corrected chi connectivity index (χ0v) is 23.7. The lowest BCUT2D eigenvalue weighted by molar-refractivity contribution is -0.150. The van der Waals surface area contributed by atoms with Crippen molar-refractivity contribution in [1.29, 1.82) is 0 Å². The highest BCUT2D eigenvalue weighted by Gasteiger charge is 2.54. The summed E-state index contributed by atoms with van der Waals surface area (Å²) in [5, 5.41) is 18.6. The molecule has 2 aliphatic rings. The monoisotopic (exact) mass is 637 g/mol. The van der Waals surface area contributed by atoms with Crippen LogP contribution in [0.5, 0.6) is 0 Å². The number of aromatic nitrogens is 1. The number of nitrogens with two attached hydrogens (primary N) is 1. The van der Waals surface area contributed by atoms with Gasteiger partial charge in [0.1, 0.15) is 28.6 Å². The van der Waals surface area contributed by atoms with E-state index in [2.05, 4.69) is 20.3 Å². The minimum absolute atomic E-state index is 0.0241. The number of thiazole rings is 1. The zero-order valence-electron chi connectivity index (χ0n) is 20.4. The van der Waals surface area contributed by atoms with Gasteiger partial charge in [0.2, 0.25) is 0 Å². The van der Waals surface area contributed by atoms with E-state index in [-0.39, 0.29) is 27.7 Å². The van der Waals surface area contributed by atoms with Crippen molar-refractivity contribution in [3.8, 4) is 0 Å². The fraction of sp³-hybridized carbons (Fsp3) is 0.167. The summed E-state index contributed by atoms with van der Waals surface area (Å²) in [7, 11) is 0. The van der Waals surface area contributed by atoms with Gasteiger partial charge < -0.3 is 21.0 Å². The number of rotatable bonds is 9. The Labute approximate surface area is 245 Å². The third-order valence-electron chi connectivity index (χ3n) is 5.79. The summed E-state index contributed by atoms with van der Waals surface area (Å²) in [5.41, 5.74) is 5.07. The number of nitrogens with one attached hydrogen (secondary N) is 1. The number of halogens is 2. The van der Waals surface area contributed by atoms with E-state index in [0.29, 0.717) is 19.9 Å². The molecule has 17 heteroatoms. The first kappa shape index (κ1) is 28.7. The number of hydrogen-bond donors (Lipinski definition) is 3. The van der Waals surface area contributed by atoms with Gasteiger partial charge in [0, 0.05) is 27.3 Å². The molecule has 212 valence electrons. The minimum Gasteiger partial charge on any atom is -0.477 e.